The second-order valence-corrected chi connectivity index (χ2v) is 22.6. The molecule has 0 radical (unpaired) electrons. The molecule has 0 aliphatic heterocycles. The number of hydrogen-bond acceptors (Lipinski definition) is 15. The lowest BCUT2D eigenvalue weighted by Crippen LogP contribution is -2.62. The fraction of sp³-hybridized carbons (Fsp3) is 0.604. The van der Waals surface area contributed by atoms with Crippen molar-refractivity contribution in [1.29, 1.82) is 0 Å². The van der Waals surface area contributed by atoms with Crippen molar-refractivity contribution >= 4 is 88.5 Å². The van der Waals surface area contributed by atoms with Crippen molar-refractivity contribution in [2.45, 2.75) is 141 Å². The molecule has 0 aromatic heterocycles. The summed E-state index contributed by atoms with van der Waals surface area (Å²) < 4.78 is 0. The van der Waals surface area contributed by atoms with Crippen LogP contribution in [0.3, 0.4) is 0 Å². The SMILES string of the molecule is CC[C@H](C)[C@H](NC(=O)[C@H](Cc1ccc(O)cc1)NC(=O)[C@@H](NC(=O)[C@H](CO)NC(=O)[C@H](CCSC)NC(=O)[C@H](CCSC)NC(=O)[C@H](Cc1ccccc1)NC(=O)[C@@H](N)CCSC)C(C)C)C(=O)N[C@@H](CC(C)C)C(=O)O. The van der Waals surface area contributed by atoms with E-state index < -0.39 is 126 Å². The van der Waals surface area contributed by atoms with Gasteiger partial charge in [0.15, 0.2) is 0 Å². The number of carbonyl (C=O) groups excluding carboxylic acids is 8. The van der Waals surface area contributed by atoms with Gasteiger partial charge < -0.3 is 63.6 Å². The van der Waals surface area contributed by atoms with Gasteiger partial charge in [-0.15, -0.1) is 0 Å². The Kier molecular flexibility index (Phi) is 31.4. The molecule has 2 aromatic rings. The number of thioether (sulfide) groups is 3. The van der Waals surface area contributed by atoms with Crippen LogP contribution in [0, 0.1) is 17.8 Å². The molecule has 13 N–H and O–H groups in total. The molecule has 21 nitrogen and oxygen atoms in total. The molecule has 0 fully saturated rings. The van der Waals surface area contributed by atoms with Crippen molar-refractivity contribution in [2.75, 3.05) is 42.6 Å². The highest BCUT2D eigenvalue weighted by Gasteiger charge is 2.37. The zero-order valence-electron chi connectivity index (χ0n) is 45.7. The van der Waals surface area contributed by atoms with Gasteiger partial charge in [0.05, 0.1) is 12.6 Å². The molecule has 24 heteroatoms. The Morgan fingerprint density at radius 3 is 1.38 bits per heavy atom. The minimum Gasteiger partial charge on any atom is -0.508 e. The number of phenols is 1. The van der Waals surface area contributed by atoms with E-state index in [0.717, 1.165) is 5.56 Å². The standard InChI is InChI=1S/C53H83N9O12S3/c1-10-32(6)44(52(72)59-41(53(73)74)26-30(2)3)62-49(69)40(28-34-16-18-35(64)19-17-34)58-51(71)43(31(4)5)61-50(70)42(29-63)60-47(67)38(22-25-77-9)55-46(66)37(21-24-76-8)56-48(68)39(27-33-14-12-11-13-15-33)57-45(65)36(54)20-23-75-7/h11-19,30-32,36-44,63-64H,10,20-29,54H2,1-9H3,(H,55,66)(H,56,68)(H,57,65)(H,58,71)(H,59,72)(H,60,67)(H,61,70)(H,62,69)(H,73,74)/t32-,36-,37-,38-,39-,40-,41-,42-,43-,44-/m0/s1. The van der Waals surface area contributed by atoms with Crippen LogP contribution >= 0.6 is 35.3 Å². The first-order valence-electron chi connectivity index (χ1n) is 25.8. The molecule has 0 saturated carbocycles. The van der Waals surface area contributed by atoms with Gasteiger partial charge >= 0.3 is 5.97 Å². The van der Waals surface area contributed by atoms with E-state index in [1.54, 1.807) is 72.1 Å². The summed E-state index contributed by atoms with van der Waals surface area (Å²) in [5.41, 5.74) is 7.39. The van der Waals surface area contributed by atoms with Gasteiger partial charge in [-0.1, -0.05) is 90.4 Å². The number of carboxylic acids is 1. The summed E-state index contributed by atoms with van der Waals surface area (Å²) in [6.45, 7) is 9.41. The number of amides is 8. The summed E-state index contributed by atoms with van der Waals surface area (Å²) in [7, 11) is 0. The summed E-state index contributed by atoms with van der Waals surface area (Å²) in [6.07, 6.45) is 6.59. The summed E-state index contributed by atoms with van der Waals surface area (Å²) in [5.74, 6) is -7.15. The number of nitrogens with one attached hydrogen (secondary N) is 8. The van der Waals surface area contributed by atoms with E-state index in [-0.39, 0.29) is 43.8 Å². The Bertz CT molecular complexity index is 2210. The van der Waals surface area contributed by atoms with Gasteiger partial charge in [0, 0.05) is 12.8 Å². The van der Waals surface area contributed by atoms with Gasteiger partial charge in [-0.2, -0.15) is 35.3 Å². The number of hydrogen-bond donors (Lipinski definition) is 12. The van der Waals surface area contributed by atoms with Gasteiger partial charge in [0.2, 0.25) is 47.3 Å². The zero-order valence-corrected chi connectivity index (χ0v) is 48.2. The Balaban J connectivity index is 2.38. The number of nitrogens with two attached hydrogens (primary N) is 1. The first-order chi connectivity index (χ1) is 36.5. The summed E-state index contributed by atoms with van der Waals surface area (Å²) in [4.78, 5) is 123. The van der Waals surface area contributed by atoms with Crippen molar-refractivity contribution < 1.29 is 58.5 Å². The highest BCUT2D eigenvalue weighted by Crippen LogP contribution is 2.16. The van der Waals surface area contributed by atoms with Gasteiger partial charge in [0.1, 0.15) is 54.1 Å². The number of phenolic OH excluding ortho intramolecular Hbond substituents is 1. The average molecular weight is 1130 g/mol. The second-order valence-electron chi connectivity index (χ2n) is 19.6. The first-order valence-corrected chi connectivity index (χ1v) is 30.0. The lowest BCUT2D eigenvalue weighted by Gasteiger charge is -2.30. The molecule has 2 rings (SSSR count). The quantitative estimate of drug-likeness (QED) is 0.0460. The smallest absolute Gasteiger partial charge is 0.326 e. The topological polar surface area (TPSA) is 337 Å². The van der Waals surface area contributed by atoms with E-state index in [9.17, 15) is 58.5 Å². The third kappa shape index (κ3) is 24.3. The van der Waals surface area contributed by atoms with Crippen LogP contribution in [-0.4, -0.2) is 166 Å². The fourth-order valence-electron chi connectivity index (χ4n) is 7.77. The molecular weight excluding hydrogens is 1050 g/mol. The number of benzene rings is 2. The van der Waals surface area contributed by atoms with Crippen molar-refractivity contribution in [3.63, 3.8) is 0 Å². The fourth-order valence-corrected chi connectivity index (χ4v) is 9.20. The number of carbonyl (C=O) groups is 9. The molecule has 0 heterocycles. The Morgan fingerprint density at radius 2 is 0.909 bits per heavy atom. The highest BCUT2D eigenvalue weighted by atomic mass is 32.2. The van der Waals surface area contributed by atoms with E-state index in [0.29, 0.717) is 35.7 Å². The van der Waals surface area contributed by atoms with Crippen molar-refractivity contribution in [1.82, 2.24) is 42.5 Å². The largest absolute Gasteiger partial charge is 0.508 e. The lowest BCUT2D eigenvalue weighted by molar-refractivity contribution is -0.143. The van der Waals surface area contributed by atoms with Crippen LogP contribution in [0.4, 0.5) is 0 Å². The van der Waals surface area contributed by atoms with Gasteiger partial charge in [-0.3, -0.25) is 38.4 Å². The molecule has 0 aliphatic rings. The molecule has 0 spiro atoms. The molecular formula is C53H83N9O12S3. The zero-order chi connectivity index (χ0) is 57.8. The number of carboxylic acid groups (broad SMARTS) is 1. The predicted molar refractivity (Wildman–Crippen MR) is 303 cm³/mol. The lowest BCUT2D eigenvalue weighted by atomic mass is 9.95. The van der Waals surface area contributed by atoms with Crippen LogP contribution in [0.2, 0.25) is 0 Å². The average Bonchev–Trinajstić information content (AvgIpc) is 3.39. The molecule has 0 bridgehead atoms. The van der Waals surface area contributed by atoms with Gasteiger partial charge in [-0.05, 0) is 103 Å². The summed E-state index contributed by atoms with van der Waals surface area (Å²) in [6, 6.07) is 3.60. The maximum absolute atomic E-state index is 14.2. The second kappa shape index (κ2) is 35.8. The molecule has 10 atom stereocenters. The normalized spacial score (nSPS) is 15.2. The monoisotopic (exact) mass is 1130 g/mol. The van der Waals surface area contributed by atoms with E-state index in [2.05, 4.69) is 42.5 Å². The van der Waals surface area contributed by atoms with Crippen molar-refractivity contribution in [3.05, 3.63) is 65.7 Å². The van der Waals surface area contributed by atoms with Crippen molar-refractivity contribution in [2.24, 2.45) is 23.5 Å². The Hall–Kier alpha value is -5.56. The number of aliphatic hydroxyl groups is 1. The predicted octanol–water partition coefficient (Wildman–Crippen LogP) is 1.47. The molecule has 2 aromatic carbocycles. The molecule has 0 unspecified atom stereocenters. The summed E-state index contributed by atoms with van der Waals surface area (Å²) >= 11 is 4.33. The maximum Gasteiger partial charge on any atom is 0.326 e. The van der Waals surface area contributed by atoms with Crippen LogP contribution < -0.4 is 48.3 Å². The van der Waals surface area contributed by atoms with Crippen LogP contribution in [-0.2, 0) is 56.0 Å². The minimum atomic E-state index is -1.64. The Morgan fingerprint density at radius 1 is 0.506 bits per heavy atom. The molecule has 8 amide bonds. The highest BCUT2D eigenvalue weighted by molar-refractivity contribution is 7.98. The minimum absolute atomic E-state index is 0.0539. The van der Waals surface area contributed by atoms with Gasteiger partial charge in [-0.25, -0.2) is 4.79 Å². The first kappa shape index (κ1) is 67.5. The van der Waals surface area contributed by atoms with E-state index >= 15 is 0 Å². The Labute approximate surface area is 465 Å². The van der Waals surface area contributed by atoms with Gasteiger partial charge in [0.25, 0.3) is 0 Å². The number of rotatable bonds is 36. The third-order valence-electron chi connectivity index (χ3n) is 12.6. The van der Waals surface area contributed by atoms with Crippen LogP contribution in [0.25, 0.3) is 0 Å². The maximum atomic E-state index is 14.2. The summed E-state index contributed by atoms with van der Waals surface area (Å²) in [5, 5.41) is 51.5. The van der Waals surface area contributed by atoms with Crippen LogP contribution in [0.15, 0.2) is 54.6 Å². The van der Waals surface area contributed by atoms with Crippen LogP contribution in [0.1, 0.15) is 84.8 Å². The van der Waals surface area contributed by atoms with E-state index in [1.807, 2.05) is 18.6 Å². The molecule has 0 saturated heterocycles. The third-order valence-corrected chi connectivity index (χ3v) is 14.5. The molecule has 0 aliphatic carbocycles. The number of aromatic hydroxyl groups is 1. The van der Waals surface area contributed by atoms with E-state index in [1.165, 1.54) is 59.6 Å². The number of aliphatic hydroxyl groups excluding tert-OH is 1. The number of aliphatic carboxylic acids is 1. The van der Waals surface area contributed by atoms with Crippen LogP contribution in [0.5, 0.6) is 5.75 Å². The van der Waals surface area contributed by atoms with E-state index in [4.69, 9.17) is 5.73 Å². The van der Waals surface area contributed by atoms with Crippen molar-refractivity contribution in [3.8, 4) is 5.75 Å². The molecule has 77 heavy (non-hydrogen) atoms. The molecule has 430 valence electrons.